The molecule has 1 fully saturated rings. The highest BCUT2D eigenvalue weighted by Crippen LogP contribution is 2.37. The van der Waals surface area contributed by atoms with Gasteiger partial charge in [-0.3, -0.25) is 9.69 Å². The van der Waals surface area contributed by atoms with E-state index in [4.69, 9.17) is 4.74 Å². The SMILES string of the molecule is CC(C)(C)OC(=O)N1C[C@H](F)C[C@H]1C(=O)N[C@](Cc1ccccc1)(c1ccc(F)cc1)c1cc(O)cc(F)c1. The number of nitrogens with zero attached hydrogens (tertiary/aromatic N) is 1. The molecule has 0 spiro atoms. The van der Waals surface area contributed by atoms with Crippen molar-refractivity contribution in [1.82, 2.24) is 10.2 Å². The van der Waals surface area contributed by atoms with Gasteiger partial charge in [0.2, 0.25) is 5.91 Å². The molecular weight excluding hydrogens is 509 g/mol. The van der Waals surface area contributed by atoms with Gasteiger partial charge in [0, 0.05) is 18.9 Å². The molecule has 1 aliphatic rings. The molecule has 1 aliphatic heterocycles. The summed E-state index contributed by atoms with van der Waals surface area (Å²) in [4.78, 5) is 27.8. The van der Waals surface area contributed by atoms with Gasteiger partial charge in [-0.25, -0.2) is 18.0 Å². The average Bonchev–Trinajstić information content (AvgIpc) is 3.25. The second-order valence-electron chi connectivity index (χ2n) is 10.7. The van der Waals surface area contributed by atoms with Crippen LogP contribution in [0.3, 0.4) is 0 Å². The Morgan fingerprint density at radius 1 is 0.974 bits per heavy atom. The third kappa shape index (κ3) is 6.53. The quantitative estimate of drug-likeness (QED) is 0.426. The summed E-state index contributed by atoms with van der Waals surface area (Å²) in [6, 6.07) is 16.6. The number of rotatable bonds is 6. The number of phenolic OH excluding ortho intramolecular Hbond substituents is 1. The Labute approximate surface area is 225 Å². The monoisotopic (exact) mass is 540 g/mol. The Morgan fingerprint density at radius 3 is 2.26 bits per heavy atom. The predicted molar refractivity (Wildman–Crippen MR) is 140 cm³/mol. The molecule has 1 saturated heterocycles. The van der Waals surface area contributed by atoms with Gasteiger partial charge in [-0.05, 0) is 61.7 Å². The van der Waals surface area contributed by atoms with Crippen LogP contribution in [0.25, 0.3) is 0 Å². The molecule has 2 N–H and O–H groups in total. The Morgan fingerprint density at radius 2 is 1.64 bits per heavy atom. The van der Waals surface area contributed by atoms with Gasteiger partial charge < -0.3 is 15.2 Å². The zero-order chi connectivity index (χ0) is 28.4. The predicted octanol–water partition coefficient (Wildman–Crippen LogP) is 5.62. The van der Waals surface area contributed by atoms with Crippen LogP contribution in [0.5, 0.6) is 5.75 Å². The summed E-state index contributed by atoms with van der Waals surface area (Å²) in [5, 5.41) is 13.2. The number of alkyl halides is 1. The maximum absolute atomic E-state index is 14.6. The topological polar surface area (TPSA) is 78.9 Å². The van der Waals surface area contributed by atoms with Crippen molar-refractivity contribution in [2.75, 3.05) is 6.54 Å². The van der Waals surface area contributed by atoms with E-state index in [1.54, 1.807) is 32.9 Å². The molecule has 9 heteroatoms. The largest absolute Gasteiger partial charge is 0.508 e. The number of hydrogen-bond donors (Lipinski definition) is 2. The molecule has 3 atom stereocenters. The molecule has 0 unspecified atom stereocenters. The molecule has 0 radical (unpaired) electrons. The highest BCUT2D eigenvalue weighted by atomic mass is 19.1. The molecule has 0 saturated carbocycles. The Kier molecular flexibility index (Phi) is 7.90. The van der Waals surface area contributed by atoms with Crippen molar-refractivity contribution in [2.45, 2.75) is 57.0 Å². The van der Waals surface area contributed by atoms with Gasteiger partial charge in [0.25, 0.3) is 0 Å². The molecule has 0 bridgehead atoms. The molecule has 4 rings (SSSR count). The van der Waals surface area contributed by atoms with Gasteiger partial charge in [-0.2, -0.15) is 0 Å². The van der Waals surface area contributed by atoms with Crippen LogP contribution in [0.15, 0.2) is 72.8 Å². The van der Waals surface area contributed by atoms with E-state index in [0.717, 1.165) is 16.5 Å². The average molecular weight is 541 g/mol. The van der Waals surface area contributed by atoms with Crippen LogP contribution in [0.4, 0.5) is 18.0 Å². The van der Waals surface area contributed by atoms with Gasteiger partial charge in [0.15, 0.2) is 0 Å². The van der Waals surface area contributed by atoms with Crippen molar-refractivity contribution < 1.29 is 32.6 Å². The Hall–Kier alpha value is -4.01. The fourth-order valence-corrected chi connectivity index (χ4v) is 4.87. The summed E-state index contributed by atoms with van der Waals surface area (Å²) < 4.78 is 48.6. The minimum atomic E-state index is -1.53. The van der Waals surface area contributed by atoms with E-state index in [0.29, 0.717) is 5.56 Å². The minimum Gasteiger partial charge on any atom is -0.508 e. The number of amides is 2. The van der Waals surface area contributed by atoms with Crippen LogP contribution in [0, 0.1) is 11.6 Å². The van der Waals surface area contributed by atoms with E-state index < -0.39 is 47.0 Å². The molecule has 39 heavy (non-hydrogen) atoms. The van der Waals surface area contributed by atoms with Crippen LogP contribution in [0.1, 0.15) is 43.9 Å². The highest BCUT2D eigenvalue weighted by molar-refractivity contribution is 5.87. The maximum Gasteiger partial charge on any atom is 0.411 e. The number of phenols is 1. The summed E-state index contributed by atoms with van der Waals surface area (Å²) in [5.74, 6) is -2.35. The lowest BCUT2D eigenvalue weighted by Crippen LogP contribution is -2.55. The van der Waals surface area contributed by atoms with Crippen LogP contribution in [-0.4, -0.2) is 46.4 Å². The molecule has 1 heterocycles. The molecule has 6 nitrogen and oxygen atoms in total. The lowest BCUT2D eigenvalue weighted by atomic mass is 9.77. The third-order valence-electron chi connectivity index (χ3n) is 6.54. The van der Waals surface area contributed by atoms with Gasteiger partial charge in [-0.1, -0.05) is 42.5 Å². The smallest absolute Gasteiger partial charge is 0.411 e. The van der Waals surface area contributed by atoms with E-state index in [-0.39, 0.29) is 30.7 Å². The van der Waals surface area contributed by atoms with Gasteiger partial charge in [0.05, 0.1) is 12.1 Å². The number of hydrogen-bond acceptors (Lipinski definition) is 4. The van der Waals surface area contributed by atoms with Crippen molar-refractivity contribution in [1.29, 1.82) is 0 Å². The normalized spacial score (nSPS) is 18.9. The van der Waals surface area contributed by atoms with E-state index in [9.17, 15) is 27.9 Å². The Bertz CT molecular complexity index is 1310. The summed E-state index contributed by atoms with van der Waals surface area (Å²) in [6.07, 6.45) is -2.47. The number of benzene rings is 3. The number of carbonyl (C=O) groups excluding carboxylic acids is 2. The number of carbonyl (C=O) groups is 2. The number of ether oxygens (including phenoxy) is 1. The molecular formula is C30H31F3N2O4. The summed E-state index contributed by atoms with van der Waals surface area (Å²) in [6.45, 7) is 4.67. The fraction of sp³-hybridized carbons (Fsp3) is 0.333. The lowest BCUT2D eigenvalue weighted by Gasteiger charge is -2.38. The number of halogens is 3. The zero-order valence-corrected chi connectivity index (χ0v) is 22.0. The van der Waals surface area contributed by atoms with Crippen LogP contribution >= 0.6 is 0 Å². The first-order valence-corrected chi connectivity index (χ1v) is 12.6. The van der Waals surface area contributed by atoms with Crippen molar-refractivity contribution in [3.63, 3.8) is 0 Å². The van der Waals surface area contributed by atoms with E-state index in [2.05, 4.69) is 5.32 Å². The number of aromatic hydroxyl groups is 1. The van der Waals surface area contributed by atoms with Crippen molar-refractivity contribution >= 4 is 12.0 Å². The van der Waals surface area contributed by atoms with Crippen LogP contribution in [-0.2, 0) is 21.5 Å². The first-order valence-electron chi connectivity index (χ1n) is 12.6. The van der Waals surface area contributed by atoms with E-state index >= 15 is 0 Å². The van der Waals surface area contributed by atoms with Gasteiger partial charge in [0.1, 0.15) is 35.2 Å². The maximum atomic E-state index is 14.6. The van der Waals surface area contributed by atoms with Gasteiger partial charge >= 0.3 is 6.09 Å². The first kappa shape index (κ1) is 28.0. The van der Waals surface area contributed by atoms with E-state index in [1.165, 1.54) is 36.4 Å². The second-order valence-corrected chi connectivity index (χ2v) is 10.7. The fourth-order valence-electron chi connectivity index (χ4n) is 4.87. The summed E-state index contributed by atoms with van der Waals surface area (Å²) in [5.41, 5.74) is -1.08. The number of likely N-dealkylation sites (tertiary alicyclic amines) is 1. The second kappa shape index (κ2) is 11.0. The molecule has 3 aromatic carbocycles. The molecule has 2 amide bonds. The molecule has 206 valence electrons. The van der Waals surface area contributed by atoms with Crippen molar-refractivity contribution in [3.05, 3.63) is 101 Å². The summed E-state index contributed by atoms with van der Waals surface area (Å²) in [7, 11) is 0. The highest BCUT2D eigenvalue weighted by Gasteiger charge is 2.45. The van der Waals surface area contributed by atoms with Crippen molar-refractivity contribution in [2.24, 2.45) is 0 Å². The lowest BCUT2D eigenvalue weighted by molar-refractivity contribution is -0.127. The first-order chi connectivity index (χ1) is 18.4. The van der Waals surface area contributed by atoms with Crippen molar-refractivity contribution in [3.8, 4) is 5.75 Å². The summed E-state index contributed by atoms with van der Waals surface area (Å²) >= 11 is 0. The van der Waals surface area contributed by atoms with Crippen LogP contribution in [0.2, 0.25) is 0 Å². The van der Waals surface area contributed by atoms with E-state index in [1.807, 2.05) is 18.2 Å². The zero-order valence-electron chi connectivity index (χ0n) is 22.0. The standard InChI is InChI=1S/C30H31F3N2O4/c1-29(2,3)39-28(38)35-18-24(33)16-26(35)27(37)34-30(17-19-7-5-4-6-8-19,20-9-11-22(31)12-10-20)21-13-23(32)15-25(36)14-21/h4-15,24,26,36H,16-18H2,1-3H3,(H,34,37)/t24-,26+,30-/m1/s1. The van der Waals surface area contributed by atoms with Crippen LogP contribution < -0.4 is 5.32 Å². The Balaban J connectivity index is 1.83. The number of nitrogens with one attached hydrogen (secondary N) is 1. The minimum absolute atomic E-state index is 0.0757. The third-order valence-corrected chi connectivity index (χ3v) is 6.54. The van der Waals surface area contributed by atoms with Gasteiger partial charge in [-0.15, -0.1) is 0 Å². The molecule has 0 aromatic heterocycles. The molecule has 0 aliphatic carbocycles. The molecule has 3 aromatic rings.